The summed E-state index contributed by atoms with van der Waals surface area (Å²) in [4.78, 5) is 25.4. The molecule has 1 N–H and O–H groups in total. The summed E-state index contributed by atoms with van der Waals surface area (Å²) in [5.41, 5.74) is 3.93. The summed E-state index contributed by atoms with van der Waals surface area (Å²) in [5, 5.41) is 6.68. The number of aryl methyl sites for hydroxylation is 3. The van der Waals surface area contributed by atoms with Crippen molar-refractivity contribution in [3.05, 3.63) is 71.7 Å². The third-order valence-corrected chi connectivity index (χ3v) is 4.37. The fraction of sp³-hybridized carbons (Fsp3) is 0.150. The van der Waals surface area contributed by atoms with Crippen LogP contribution in [0.25, 0.3) is 17.3 Å². The number of aromatic nitrogens is 5. The van der Waals surface area contributed by atoms with Gasteiger partial charge in [0.2, 0.25) is 0 Å². The van der Waals surface area contributed by atoms with Crippen molar-refractivity contribution in [3.8, 4) is 17.3 Å². The predicted molar refractivity (Wildman–Crippen MR) is 103 cm³/mol. The molecule has 3 heterocycles. The molecule has 140 valence electrons. The zero-order chi connectivity index (χ0) is 19.7. The lowest BCUT2D eigenvalue weighted by Crippen LogP contribution is -2.12. The first-order chi connectivity index (χ1) is 13.5. The van der Waals surface area contributed by atoms with E-state index in [1.807, 2.05) is 38.1 Å². The Morgan fingerprint density at radius 2 is 1.96 bits per heavy atom. The molecule has 4 rings (SSSR count). The fourth-order valence-corrected chi connectivity index (χ4v) is 2.75. The van der Waals surface area contributed by atoms with Crippen LogP contribution < -0.4 is 5.32 Å². The van der Waals surface area contributed by atoms with Crippen LogP contribution in [0.15, 0.2) is 53.6 Å². The van der Waals surface area contributed by atoms with E-state index in [9.17, 15) is 4.79 Å². The summed E-state index contributed by atoms with van der Waals surface area (Å²) in [5.74, 6) is 1.14. The quantitative estimate of drug-likeness (QED) is 0.587. The van der Waals surface area contributed by atoms with E-state index in [0.717, 1.165) is 11.3 Å². The third kappa shape index (κ3) is 3.39. The maximum absolute atomic E-state index is 12.6. The second-order valence-electron chi connectivity index (χ2n) is 6.44. The molecule has 0 fully saturated rings. The van der Waals surface area contributed by atoms with Crippen molar-refractivity contribution in [2.45, 2.75) is 20.8 Å². The summed E-state index contributed by atoms with van der Waals surface area (Å²) in [6.45, 7) is 5.77. The molecular weight excluding hydrogens is 356 g/mol. The van der Waals surface area contributed by atoms with Gasteiger partial charge in [-0.3, -0.25) is 9.36 Å². The summed E-state index contributed by atoms with van der Waals surface area (Å²) >= 11 is 0. The van der Waals surface area contributed by atoms with Crippen LogP contribution in [0.1, 0.15) is 27.4 Å². The molecule has 3 aromatic heterocycles. The number of carbonyl (C=O) groups is 1. The molecule has 1 amide bonds. The lowest BCUT2D eigenvalue weighted by Gasteiger charge is -2.06. The molecule has 0 radical (unpaired) electrons. The van der Waals surface area contributed by atoms with Crippen molar-refractivity contribution in [1.29, 1.82) is 0 Å². The van der Waals surface area contributed by atoms with Crippen molar-refractivity contribution in [2.24, 2.45) is 0 Å². The third-order valence-electron chi connectivity index (χ3n) is 4.37. The average molecular weight is 374 g/mol. The molecule has 0 saturated heterocycles. The topological polar surface area (TPSA) is 98.7 Å². The number of carbonyl (C=O) groups excluding carboxylic acids is 1. The van der Waals surface area contributed by atoms with E-state index in [-0.39, 0.29) is 11.6 Å². The van der Waals surface area contributed by atoms with Crippen LogP contribution in [0, 0.1) is 20.8 Å². The van der Waals surface area contributed by atoms with E-state index in [1.165, 1.54) is 11.9 Å². The van der Waals surface area contributed by atoms with Gasteiger partial charge in [0.15, 0.2) is 11.6 Å². The van der Waals surface area contributed by atoms with Crippen molar-refractivity contribution < 1.29 is 9.32 Å². The Morgan fingerprint density at radius 3 is 2.71 bits per heavy atom. The first-order valence-corrected chi connectivity index (χ1v) is 8.70. The van der Waals surface area contributed by atoms with Crippen LogP contribution in [0.2, 0.25) is 0 Å². The average Bonchev–Trinajstić information content (AvgIpc) is 3.34. The number of hydrogen-bond donors (Lipinski definition) is 1. The van der Waals surface area contributed by atoms with Gasteiger partial charge in [-0.05, 0) is 56.2 Å². The number of nitrogens with zero attached hydrogens (tertiary/aromatic N) is 5. The van der Waals surface area contributed by atoms with E-state index in [0.29, 0.717) is 23.1 Å². The summed E-state index contributed by atoms with van der Waals surface area (Å²) in [7, 11) is 0. The first kappa shape index (κ1) is 17.6. The molecular formula is C20H18N6O2. The fourth-order valence-electron chi connectivity index (χ4n) is 2.75. The molecule has 0 aliphatic heterocycles. The molecule has 28 heavy (non-hydrogen) atoms. The van der Waals surface area contributed by atoms with Gasteiger partial charge >= 0.3 is 0 Å². The molecule has 8 nitrogen and oxygen atoms in total. The Hall–Kier alpha value is -3.81. The number of benzene rings is 1. The number of rotatable bonds is 4. The monoisotopic (exact) mass is 374 g/mol. The SMILES string of the molecule is Cc1noc(-c2cccnc2-n2cnc(C(=O)Nc3ccc(C)c(C)c3)c2)n1. The zero-order valence-electron chi connectivity index (χ0n) is 15.7. The van der Waals surface area contributed by atoms with E-state index in [1.54, 1.807) is 30.0 Å². The molecule has 0 atom stereocenters. The van der Waals surface area contributed by atoms with Gasteiger partial charge < -0.3 is 9.84 Å². The van der Waals surface area contributed by atoms with Crippen LogP contribution in [0.4, 0.5) is 5.69 Å². The second-order valence-corrected chi connectivity index (χ2v) is 6.44. The molecule has 0 bridgehead atoms. The molecule has 0 aliphatic rings. The number of imidazole rings is 1. The van der Waals surface area contributed by atoms with E-state index in [4.69, 9.17) is 4.52 Å². The normalized spacial score (nSPS) is 10.8. The van der Waals surface area contributed by atoms with Crippen LogP contribution in [-0.4, -0.2) is 30.6 Å². The van der Waals surface area contributed by atoms with Gasteiger partial charge in [-0.25, -0.2) is 9.97 Å². The maximum atomic E-state index is 12.6. The highest BCUT2D eigenvalue weighted by atomic mass is 16.5. The van der Waals surface area contributed by atoms with Crippen molar-refractivity contribution in [3.63, 3.8) is 0 Å². The minimum Gasteiger partial charge on any atom is -0.334 e. The van der Waals surface area contributed by atoms with Crippen LogP contribution >= 0.6 is 0 Å². The lowest BCUT2D eigenvalue weighted by molar-refractivity contribution is 0.102. The Bertz CT molecular complexity index is 1160. The van der Waals surface area contributed by atoms with E-state index in [2.05, 4.69) is 25.4 Å². The highest BCUT2D eigenvalue weighted by Gasteiger charge is 2.16. The first-order valence-electron chi connectivity index (χ1n) is 8.70. The van der Waals surface area contributed by atoms with Gasteiger partial charge in [-0.1, -0.05) is 11.2 Å². The van der Waals surface area contributed by atoms with Crippen LogP contribution in [0.3, 0.4) is 0 Å². The molecule has 0 saturated carbocycles. The van der Waals surface area contributed by atoms with Crippen molar-refractivity contribution >= 4 is 11.6 Å². The zero-order valence-corrected chi connectivity index (χ0v) is 15.7. The molecule has 0 aliphatic carbocycles. The summed E-state index contributed by atoms with van der Waals surface area (Å²) in [6, 6.07) is 9.37. The van der Waals surface area contributed by atoms with Gasteiger partial charge in [0.05, 0.1) is 5.56 Å². The largest absolute Gasteiger partial charge is 0.334 e. The van der Waals surface area contributed by atoms with Gasteiger partial charge in [-0.2, -0.15) is 4.98 Å². The lowest BCUT2D eigenvalue weighted by atomic mass is 10.1. The number of hydrogen-bond acceptors (Lipinski definition) is 6. The van der Waals surface area contributed by atoms with Crippen LogP contribution in [0.5, 0.6) is 0 Å². The van der Waals surface area contributed by atoms with E-state index < -0.39 is 0 Å². The number of anilines is 1. The van der Waals surface area contributed by atoms with Gasteiger partial charge in [-0.15, -0.1) is 0 Å². The second kappa shape index (κ2) is 7.07. The summed E-state index contributed by atoms with van der Waals surface area (Å²) < 4.78 is 6.91. The van der Waals surface area contributed by atoms with Gasteiger partial charge in [0, 0.05) is 18.1 Å². The molecule has 4 aromatic rings. The minimum absolute atomic E-state index is 0.275. The Kier molecular flexibility index (Phi) is 4.44. The molecule has 0 unspecified atom stereocenters. The summed E-state index contributed by atoms with van der Waals surface area (Å²) in [6.07, 6.45) is 4.80. The molecule has 8 heteroatoms. The van der Waals surface area contributed by atoms with Crippen molar-refractivity contribution in [2.75, 3.05) is 5.32 Å². The van der Waals surface area contributed by atoms with E-state index >= 15 is 0 Å². The van der Waals surface area contributed by atoms with Crippen LogP contribution in [-0.2, 0) is 0 Å². The minimum atomic E-state index is -0.298. The highest BCUT2D eigenvalue weighted by molar-refractivity contribution is 6.02. The molecule has 1 aromatic carbocycles. The standard InChI is InChI=1S/C20H18N6O2/c1-12-6-7-15(9-13(12)2)24-19(27)17-10-26(11-22-17)18-16(5-4-8-21-18)20-23-14(3)25-28-20/h4-11H,1-3H3,(H,24,27). The Balaban J connectivity index is 1.61. The van der Waals surface area contributed by atoms with Gasteiger partial charge in [0.25, 0.3) is 11.8 Å². The smallest absolute Gasteiger partial charge is 0.275 e. The molecule has 0 spiro atoms. The van der Waals surface area contributed by atoms with Gasteiger partial charge in [0.1, 0.15) is 12.0 Å². The van der Waals surface area contributed by atoms with Crippen molar-refractivity contribution in [1.82, 2.24) is 24.7 Å². The maximum Gasteiger partial charge on any atom is 0.275 e. The number of nitrogens with one attached hydrogen (secondary N) is 1. The Labute approximate surface area is 161 Å². The number of amides is 1. The highest BCUT2D eigenvalue weighted by Crippen LogP contribution is 2.23. The number of pyridine rings is 1. The Morgan fingerprint density at radius 1 is 1.11 bits per heavy atom. The predicted octanol–water partition coefficient (Wildman–Crippen LogP) is 3.49.